The SMILES string of the molecule is CCCNCCCOCCOCC. The van der Waals surface area contributed by atoms with Crippen LogP contribution in [0.2, 0.25) is 0 Å². The fourth-order valence-corrected chi connectivity index (χ4v) is 0.965. The molecule has 1 N–H and O–H groups in total. The van der Waals surface area contributed by atoms with Crippen LogP contribution >= 0.6 is 0 Å². The van der Waals surface area contributed by atoms with Gasteiger partial charge in [-0.3, -0.25) is 0 Å². The molecule has 0 amide bonds. The average Bonchev–Trinajstić information content (AvgIpc) is 2.16. The van der Waals surface area contributed by atoms with Crippen LogP contribution in [0.25, 0.3) is 0 Å². The number of nitrogens with one attached hydrogen (secondary N) is 1. The van der Waals surface area contributed by atoms with Gasteiger partial charge in [0.1, 0.15) is 0 Å². The molecule has 0 bridgehead atoms. The van der Waals surface area contributed by atoms with E-state index in [9.17, 15) is 0 Å². The molecular weight excluding hydrogens is 166 g/mol. The third kappa shape index (κ3) is 11.9. The van der Waals surface area contributed by atoms with Gasteiger partial charge in [0, 0.05) is 13.2 Å². The second-order valence-corrected chi connectivity index (χ2v) is 2.91. The maximum absolute atomic E-state index is 5.35. The van der Waals surface area contributed by atoms with Crippen LogP contribution in [0.3, 0.4) is 0 Å². The Morgan fingerprint density at radius 2 is 1.69 bits per heavy atom. The van der Waals surface area contributed by atoms with E-state index in [0.29, 0.717) is 0 Å². The Labute approximate surface area is 81.8 Å². The molecule has 0 saturated heterocycles. The summed E-state index contributed by atoms with van der Waals surface area (Å²) in [4.78, 5) is 0. The second kappa shape index (κ2) is 11.9. The number of hydrogen-bond acceptors (Lipinski definition) is 3. The first-order chi connectivity index (χ1) is 6.41. The molecule has 0 fully saturated rings. The van der Waals surface area contributed by atoms with Gasteiger partial charge < -0.3 is 14.8 Å². The Kier molecular flexibility index (Phi) is 11.8. The standard InChI is InChI=1S/C10H23NO2/c1-3-6-11-7-5-8-13-10-9-12-4-2/h11H,3-10H2,1-2H3. The molecule has 0 unspecified atom stereocenters. The Morgan fingerprint density at radius 3 is 2.38 bits per heavy atom. The molecule has 0 aromatic heterocycles. The molecule has 0 aliphatic carbocycles. The van der Waals surface area contributed by atoms with Crippen LogP contribution in [-0.2, 0) is 9.47 Å². The molecule has 0 spiro atoms. The van der Waals surface area contributed by atoms with Crippen LogP contribution in [0.4, 0.5) is 0 Å². The van der Waals surface area contributed by atoms with Crippen LogP contribution < -0.4 is 5.32 Å². The monoisotopic (exact) mass is 189 g/mol. The first-order valence-corrected chi connectivity index (χ1v) is 5.28. The van der Waals surface area contributed by atoms with Gasteiger partial charge in [0.2, 0.25) is 0 Å². The van der Waals surface area contributed by atoms with Gasteiger partial charge in [-0.25, -0.2) is 0 Å². The van der Waals surface area contributed by atoms with E-state index >= 15 is 0 Å². The van der Waals surface area contributed by atoms with Crippen molar-refractivity contribution in [2.24, 2.45) is 0 Å². The smallest absolute Gasteiger partial charge is 0.0700 e. The Bertz CT molecular complexity index is 79.0. The molecule has 3 heteroatoms. The summed E-state index contributed by atoms with van der Waals surface area (Å²) >= 11 is 0. The van der Waals surface area contributed by atoms with E-state index in [0.717, 1.165) is 45.9 Å². The summed E-state index contributed by atoms with van der Waals surface area (Å²) in [6.45, 7) is 9.40. The van der Waals surface area contributed by atoms with E-state index in [2.05, 4.69) is 12.2 Å². The van der Waals surface area contributed by atoms with Crippen LogP contribution in [0.1, 0.15) is 26.7 Å². The quantitative estimate of drug-likeness (QED) is 0.527. The van der Waals surface area contributed by atoms with Gasteiger partial charge in [-0.2, -0.15) is 0 Å². The van der Waals surface area contributed by atoms with Crippen LogP contribution in [0, 0.1) is 0 Å². The first-order valence-electron chi connectivity index (χ1n) is 5.28. The first kappa shape index (κ1) is 12.9. The van der Waals surface area contributed by atoms with Crippen molar-refractivity contribution in [2.75, 3.05) is 39.5 Å². The van der Waals surface area contributed by atoms with Gasteiger partial charge in [0.15, 0.2) is 0 Å². The van der Waals surface area contributed by atoms with Crippen molar-refractivity contribution in [3.63, 3.8) is 0 Å². The van der Waals surface area contributed by atoms with E-state index in [1.54, 1.807) is 0 Å². The highest BCUT2D eigenvalue weighted by Gasteiger charge is 1.89. The lowest BCUT2D eigenvalue weighted by atomic mass is 10.4. The van der Waals surface area contributed by atoms with Crippen molar-refractivity contribution in [3.8, 4) is 0 Å². The van der Waals surface area contributed by atoms with Gasteiger partial charge in [-0.1, -0.05) is 6.92 Å². The summed E-state index contributed by atoms with van der Waals surface area (Å²) in [6.07, 6.45) is 2.29. The minimum absolute atomic E-state index is 0.721. The Balaban J connectivity index is 2.76. The molecule has 0 rings (SSSR count). The van der Waals surface area contributed by atoms with E-state index in [1.165, 1.54) is 6.42 Å². The number of rotatable bonds is 10. The van der Waals surface area contributed by atoms with Gasteiger partial charge in [0.05, 0.1) is 13.2 Å². The van der Waals surface area contributed by atoms with Gasteiger partial charge in [0.25, 0.3) is 0 Å². The van der Waals surface area contributed by atoms with Crippen molar-refractivity contribution in [2.45, 2.75) is 26.7 Å². The fourth-order valence-electron chi connectivity index (χ4n) is 0.965. The molecule has 0 radical (unpaired) electrons. The zero-order valence-corrected chi connectivity index (χ0v) is 8.97. The molecule has 0 saturated carbocycles. The number of hydrogen-bond donors (Lipinski definition) is 1. The molecule has 0 heterocycles. The van der Waals surface area contributed by atoms with Crippen LogP contribution in [0.15, 0.2) is 0 Å². The lowest BCUT2D eigenvalue weighted by Gasteiger charge is -2.04. The average molecular weight is 189 g/mol. The van der Waals surface area contributed by atoms with E-state index < -0.39 is 0 Å². The van der Waals surface area contributed by atoms with Crippen molar-refractivity contribution in [3.05, 3.63) is 0 Å². The van der Waals surface area contributed by atoms with Crippen LogP contribution in [0.5, 0.6) is 0 Å². The maximum Gasteiger partial charge on any atom is 0.0700 e. The molecule has 0 aromatic rings. The zero-order chi connectivity index (χ0) is 9.78. The third-order valence-electron chi connectivity index (χ3n) is 1.65. The second-order valence-electron chi connectivity index (χ2n) is 2.91. The lowest BCUT2D eigenvalue weighted by molar-refractivity contribution is 0.0520. The summed E-state index contributed by atoms with van der Waals surface area (Å²) in [5.41, 5.74) is 0. The van der Waals surface area contributed by atoms with Crippen molar-refractivity contribution >= 4 is 0 Å². The minimum atomic E-state index is 0.721. The summed E-state index contributed by atoms with van der Waals surface area (Å²) in [5, 5.41) is 3.33. The van der Waals surface area contributed by atoms with E-state index in [-0.39, 0.29) is 0 Å². The molecule has 0 aliphatic rings. The largest absolute Gasteiger partial charge is 0.379 e. The van der Waals surface area contributed by atoms with Gasteiger partial charge >= 0.3 is 0 Å². The zero-order valence-electron chi connectivity index (χ0n) is 8.97. The molecule has 0 atom stereocenters. The molecular formula is C10H23NO2. The third-order valence-corrected chi connectivity index (χ3v) is 1.65. The predicted molar refractivity (Wildman–Crippen MR) is 55.1 cm³/mol. The van der Waals surface area contributed by atoms with Crippen molar-refractivity contribution < 1.29 is 9.47 Å². The maximum atomic E-state index is 5.35. The normalized spacial score (nSPS) is 10.6. The molecule has 0 aliphatic heterocycles. The number of ether oxygens (including phenoxy) is 2. The van der Waals surface area contributed by atoms with Crippen molar-refractivity contribution in [1.82, 2.24) is 5.32 Å². The molecule has 3 nitrogen and oxygen atoms in total. The van der Waals surface area contributed by atoms with E-state index in [1.807, 2.05) is 6.92 Å². The van der Waals surface area contributed by atoms with E-state index in [4.69, 9.17) is 9.47 Å². The fraction of sp³-hybridized carbons (Fsp3) is 1.00. The van der Waals surface area contributed by atoms with Crippen LogP contribution in [-0.4, -0.2) is 39.5 Å². The lowest BCUT2D eigenvalue weighted by Crippen LogP contribution is -2.17. The summed E-state index contributed by atoms with van der Waals surface area (Å²) in [5.74, 6) is 0. The molecule has 80 valence electrons. The molecule has 0 aromatic carbocycles. The Hall–Kier alpha value is -0.120. The highest BCUT2D eigenvalue weighted by atomic mass is 16.5. The van der Waals surface area contributed by atoms with Crippen molar-refractivity contribution in [1.29, 1.82) is 0 Å². The van der Waals surface area contributed by atoms with Gasteiger partial charge in [-0.15, -0.1) is 0 Å². The highest BCUT2D eigenvalue weighted by molar-refractivity contribution is 4.45. The highest BCUT2D eigenvalue weighted by Crippen LogP contribution is 1.82. The minimum Gasteiger partial charge on any atom is -0.379 e. The summed E-state index contributed by atoms with van der Waals surface area (Å²) in [6, 6.07) is 0. The topological polar surface area (TPSA) is 30.5 Å². The summed E-state index contributed by atoms with van der Waals surface area (Å²) in [7, 11) is 0. The predicted octanol–water partition coefficient (Wildman–Crippen LogP) is 1.43. The Morgan fingerprint density at radius 1 is 0.923 bits per heavy atom. The van der Waals surface area contributed by atoms with Gasteiger partial charge in [-0.05, 0) is 32.9 Å². The summed E-state index contributed by atoms with van der Waals surface area (Å²) < 4.78 is 10.5. The molecule has 13 heavy (non-hydrogen) atoms.